The fourth-order valence-corrected chi connectivity index (χ4v) is 4.29. The maximum atomic E-state index is 13.0. The predicted molar refractivity (Wildman–Crippen MR) is 98.4 cm³/mol. The molecule has 9 heteroatoms. The molecular weight excluding hydrogens is 348 g/mol. The molecule has 3 fully saturated rings. The lowest BCUT2D eigenvalue weighted by molar-refractivity contribution is -0.141. The summed E-state index contributed by atoms with van der Waals surface area (Å²) in [5.41, 5.74) is 7.47. The van der Waals surface area contributed by atoms with Gasteiger partial charge in [0.25, 0.3) is 5.91 Å². The van der Waals surface area contributed by atoms with E-state index in [4.69, 9.17) is 5.73 Å². The zero-order valence-corrected chi connectivity index (χ0v) is 15.5. The molecule has 0 radical (unpaired) electrons. The van der Waals surface area contributed by atoms with E-state index in [0.29, 0.717) is 0 Å². The van der Waals surface area contributed by atoms with Gasteiger partial charge in [-0.1, -0.05) is 12.1 Å². The lowest BCUT2D eigenvalue weighted by atomic mass is 10.1. The molecule has 0 aromatic heterocycles. The number of nitrogens with two attached hydrogens (primary N) is 1. The van der Waals surface area contributed by atoms with Crippen molar-refractivity contribution in [2.75, 3.05) is 31.6 Å². The number of nitrogens with one attached hydrogen (secondary N) is 1. The molecule has 0 bridgehead atoms. The Balaban J connectivity index is 1.66. The SMILES string of the molecule is Cc1cccc(N2CCCN3C4C(=O)N(CC(N)=O)C(=O)N(C)C4NC23)c1. The van der Waals surface area contributed by atoms with E-state index in [1.54, 1.807) is 7.05 Å². The first-order valence-electron chi connectivity index (χ1n) is 9.10. The fraction of sp³-hybridized carbons (Fsp3) is 0.500. The lowest BCUT2D eigenvalue weighted by Crippen LogP contribution is -2.67. The van der Waals surface area contributed by atoms with Crippen molar-refractivity contribution in [3.05, 3.63) is 29.8 Å². The molecule has 3 unspecified atom stereocenters. The van der Waals surface area contributed by atoms with Crippen LogP contribution in [0.25, 0.3) is 0 Å². The Hall–Kier alpha value is -2.65. The van der Waals surface area contributed by atoms with Gasteiger partial charge in [0.15, 0.2) is 0 Å². The second-order valence-corrected chi connectivity index (χ2v) is 7.34. The molecule has 9 nitrogen and oxygen atoms in total. The van der Waals surface area contributed by atoms with E-state index >= 15 is 0 Å². The van der Waals surface area contributed by atoms with Crippen LogP contribution < -0.4 is 16.0 Å². The van der Waals surface area contributed by atoms with E-state index in [1.807, 2.05) is 19.1 Å². The van der Waals surface area contributed by atoms with Crippen LogP contribution in [-0.4, -0.2) is 77.7 Å². The van der Waals surface area contributed by atoms with Crippen molar-refractivity contribution in [2.24, 2.45) is 5.73 Å². The van der Waals surface area contributed by atoms with E-state index in [0.717, 1.165) is 35.7 Å². The molecule has 144 valence electrons. The molecule has 3 aliphatic rings. The van der Waals surface area contributed by atoms with E-state index in [9.17, 15) is 14.4 Å². The summed E-state index contributed by atoms with van der Waals surface area (Å²) in [5.74, 6) is -1.07. The minimum atomic E-state index is -0.703. The number of carbonyl (C=O) groups excluding carboxylic acids is 3. The highest BCUT2D eigenvalue weighted by atomic mass is 16.2. The largest absolute Gasteiger partial charge is 0.368 e. The normalized spacial score (nSPS) is 28.4. The summed E-state index contributed by atoms with van der Waals surface area (Å²) in [4.78, 5) is 43.7. The van der Waals surface area contributed by atoms with Crippen LogP contribution in [0.4, 0.5) is 10.5 Å². The number of likely N-dealkylation sites (N-methyl/N-ethyl adjacent to an activating group) is 1. The van der Waals surface area contributed by atoms with Gasteiger partial charge in [-0.15, -0.1) is 0 Å². The average Bonchev–Trinajstić information content (AvgIpc) is 3.03. The highest BCUT2D eigenvalue weighted by Crippen LogP contribution is 2.33. The summed E-state index contributed by atoms with van der Waals surface area (Å²) in [6, 6.07) is 7.18. The molecule has 3 N–H and O–H groups in total. The first-order valence-corrected chi connectivity index (χ1v) is 9.10. The van der Waals surface area contributed by atoms with Gasteiger partial charge >= 0.3 is 6.03 Å². The van der Waals surface area contributed by atoms with Gasteiger partial charge in [-0.3, -0.25) is 24.7 Å². The van der Waals surface area contributed by atoms with Crippen LogP contribution in [0, 0.1) is 6.92 Å². The van der Waals surface area contributed by atoms with Crippen LogP contribution >= 0.6 is 0 Å². The van der Waals surface area contributed by atoms with E-state index in [1.165, 1.54) is 4.90 Å². The average molecular weight is 372 g/mol. The zero-order valence-electron chi connectivity index (χ0n) is 15.5. The van der Waals surface area contributed by atoms with Crippen molar-refractivity contribution in [2.45, 2.75) is 31.8 Å². The molecule has 3 heterocycles. The number of anilines is 1. The van der Waals surface area contributed by atoms with Gasteiger partial charge in [-0.25, -0.2) is 4.79 Å². The maximum absolute atomic E-state index is 13.0. The van der Waals surface area contributed by atoms with Crippen molar-refractivity contribution in [1.29, 1.82) is 0 Å². The quantitative estimate of drug-likeness (QED) is 0.739. The van der Waals surface area contributed by atoms with E-state index in [-0.39, 0.29) is 12.2 Å². The Morgan fingerprint density at radius 1 is 1.30 bits per heavy atom. The minimum Gasteiger partial charge on any atom is -0.368 e. The Morgan fingerprint density at radius 2 is 2.07 bits per heavy atom. The number of rotatable bonds is 3. The summed E-state index contributed by atoms with van der Waals surface area (Å²) < 4.78 is 0. The molecule has 27 heavy (non-hydrogen) atoms. The smallest absolute Gasteiger partial charge is 0.328 e. The van der Waals surface area contributed by atoms with Crippen LogP contribution in [-0.2, 0) is 9.59 Å². The van der Waals surface area contributed by atoms with Crippen molar-refractivity contribution < 1.29 is 14.4 Å². The number of hydrogen-bond acceptors (Lipinski definition) is 6. The van der Waals surface area contributed by atoms with Gasteiger partial charge in [0, 0.05) is 25.8 Å². The van der Waals surface area contributed by atoms with Crippen molar-refractivity contribution in [1.82, 2.24) is 20.0 Å². The Kier molecular flexibility index (Phi) is 4.27. The summed E-state index contributed by atoms with van der Waals surface area (Å²) in [6.45, 7) is 3.24. The predicted octanol–water partition coefficient (Wildman–Crippen LogP) is -0.532. The topological polar surface area (TPSA) is 102 Å². The number of nitrogens with zero attached hydrogens (tertiary/aromatic N) is 4. The molecular formula is C18H24N6O3. The first-order chi connectivity index (χ1) is 12.9. The highest BCUT2D eigenvalue weighted by Gasteiger charge is 2.56. The standard InChI is InChI=1S/C18H24N6O3/c1-11-5-3-6-12(9-11)22-7-4-8-23-14-15(20-17(22)23)21(2)18(27)24(16(14)26)10-13(19)25/h3,5-6,9,14-15,17,20H,4,7-8,10H2,1-2H3,(H2,19,25). The number of fused-ring (bicyclic) bond motifs is 3. The van der Waals surface area contributed by atoms with Crippen LogP contribution in [0.2, 0.25) is 0 Å². The molecule has 1 aromatic rings. The number of amides is 4. The molecule has 0 spiro atoms. The van der Waals surface area contributed by atoms with Gasteiger partial charge in [0.05, 0.1) is 0 Å². The van der Waals surface area contributed by atoms with Crippen molar-refractivity contribution in [3.8, 4) is 0 Å². The number of imide groups is 1. The van der Waals surface area contributed by atoms with Crippen LogP contribution in [0.15, 0.2) is 24.3 Å². The maximum Gasteiger partial charge on any atom is 0.328 e. The third-order valence-corrected chi connectivity index (χ3v) is 5.52. The summed E-state index contributed by atoms with van der Waals surface area (Å²) >= 11 is 0. The third kappa shape index (κ3) is 2.83. The Labute approximate surface area is 157 Å². The number of urea groups is 1. The van der Waals surface area contributed by atoms with Gasteiger partial charge in [0.2, 0.25) is 5.91 Å². The Bertz CT molecular complexity index is 799. The fourth-order valence-electron chi connectivity index (χ4n) is 4.29. The number of benzene rings is 1. The van der Waals surface area contributed by atoms with Crippen LogP contribution in [0.1, 0.15) is 12.0 Å². The van der Waals surface area contributed by atoms with E-state index in [2.05, 4.69) is 27.2 Å². The third-order valence-electron chi connectivity index (χ3n) is 5.52. The minimum absolute atomic E-state index is 0.191. The second-order valence-electron chi connectivity index (χ2n) is 7.34. The molecule has 4 amide bonds. The summed E-state index contributed by atoms with van der Waals surface area (Å²) in [6.07, 6.45) is 0.267. The number of hydrogen-bond donors (Lipinski definition) is 2. The molecule has 1 aromatic carbocycles. The second kappa shape index (κ2) is 6.50. The molecule has 3 atom stereocenters. The van der Waals surface area contributed by atoms with Crippen LogP contribution in [0.5, 0.6) is 0 Å². The molecule has 4 rings (SSSR count). The van der Waals surface area contributed by atoms with E-state index < -0.39 is 30.7 Å². The highest BCUT2D eigenvalue weighted by molar-refractivity contribution is 6.03. The summed E-state index contributed by atoms with van der Waals surface area (Å²) in [7, 11) is 1.64. The summed E-state index contributed by atoms with van der Waals surface area (Å²) in [5, 5.41) is 3.44. The van der Waals surface area contributed by atoms with Crippen molar-refractivity contribution >= 4 is 23.5 Å². The van der Waals surface area contributed by atoms with Crippen molar-refractivity contribution in [3.63, 3.8) is 0 Å². The monoisotopic (exact) mass is 372 g/mol. The Morgan fingerprint density at radius 3 is 2.78 bits per heavy atom. The lowest BCUT2D eigenvalue weighted by Gasteiger charge is -2.43. The number of aryl methyl sites for hydroxylation is 1. The van der Waals surface area contributed by atoms with Gasteiger partial charge in [-0.2, -0.15) is 0 Å². The molecule has 3 aliphatic heterocycles. The molecule has 3 saturated heterocycles. The van der Waals surface area contributed by atoms with Gasteiger partial charge < -0.3 is 15.5 Å². The van der Waals surface area contributed by atoms with Gasteiger partial charge in [0.1, 0.15) is 25.0 Å². The van der Waals surface area contributed by atoms with Gasteiger partial charge in [-0.05, 0) is 31.0 Å². The molecule has 0 aliphatic carbocycles. The number of carbonyl (C=O) groups is 3. The number of primary amides is 1. The first kappa shape index (κ1) is 17.7. The molecule has 0 saturated carbocycles. The van der Waals surface area contributed by atoms with Crippen LogP contribution in [0.3, 0.4) is 0 Å². The zero-order chi connectivity index (χ0) is 19.3.